The van der Waals surface area contributed by atoms with Gasteiger partial charge < -0.3 is 5.73 Å². The lowest BCUT2D eigenvalue weighted by molar-refractivity contribution is 0.769. The number of nitrogen functional groups attached to an aromatic ring is 1. The number of nitrogens with two attached hydrogens (primary N) is 1. The Morgan fingerprint density at radius 2 is 2.00 bits per heavy atom. The fourth-order valence-corrected chi connectivity index (χ4v) is 3.33. The van der Waals surface area contributed by atoms with Crippen LogP contribution in [0.1, 0.15) is 24.6 Å². The van der Waals surface area contributed by atoms with Crippen LogP contribution < -0.4 is 5.73 Å². The standard InChI is InChI=1S/C15H17N5S/c1-3-4-13-10(2)19-15-17-9-18-20(15)14(13)21-12-7-5-11(16)6-8-12/h5-9H,3-4,16H2,1-2H3. The zero-order valence-corrected chi connectivity index (χ0v) is 12.9. The van der Waals surface area contributed by atoms with Crippen molar-refractivity contribution >= 4 is 23.2 Å². The van der Waals surface area contributed by atoms with E-state index in [0.29, 0.717) is 5.78 Å². The van der Waals surface area contributed by atoms with Gasteiger partial charge in [-0.05, 0) is 37.6 Å². The van der Waals surface area contributed by atoms with E-state index >= 15 is 0 Å². The molecule has 5 nitrogen and oxygen atoms in total. The third-order valence-electron chi connectivity index (χ3n) is 3.28. The maximum Gasteiger partial charge on any atom is 0.253 e. The molecule has 0 saturated carbocycles. The van der Waals surface area contributed by atoms with Gasteiger partial charge in [0.1, 0.15) is 11.4 Å². The molecule has 3 aromatic rings. The Morgan fingerprint density at radius 3 is 2.71 bits per heavy atom. The van der Waals surface area contributed by atoms with Crippen LogP contribution in [0.15, 0.2) is 40.5 Å². The molecule has 2 N–H and O–H groups in total. The lowest BCUT2D eigenvalue weighted by Gasteiger charge is -2.12. The molecule has 0 amide bonds. The molecule has 21 heavy (non-hydrogen) atoms. The molecular formula is C15H17N5S. The number of anilines is 1. The molecule has 0 unspecified atom stereocenters. The summed E-state index contributed by atoms with van der Waals surface area (Å²) in [5.74, 6) is 0.644. The number of aryl methyl sites for hydroxylation is 1. The van der Waals surface area contributed by atoms with Crippen LogP contribution >= 0.6 is 11.8 Å². The molecule has 0 fully saturated rings. The van der Waals surface area contributed by atoms with Crippen LogP contribution in [0.4, 0.5) is 5.69 Å². The number of fused-ring (bicyclic) bond motifs is 1. The highest BCUT2D eigenvalue weighted by molar-refractivity contribution is 7.99. The fraction of sp³-hybridized carbons (Fsp3) is 0.267. The van der Waals surface area contributed by atoms with Crippen LogP contribution in [0.3, 0.4) is 0 Å². The fourth-order valence-electron chi connectivity index (χ4n) is 2.25. The van der Waals surface area contributed by atoms with Crippen molar-refractivity contribution in [3.63, 3.8) is 0 Å². The van der Waals surface area contributed by atoms with Crippen LogP contribution in [0.5, 0.6) is 0 Å². The van der Waals surface area contributed by atoms with Crippen molar-refractivity contribution < 1.29 is 0 Å². The lowest BCUT2D eigenvalue weighted by atomic mass is 10.1. The van der Waals surface area contributed by atoms with Crippen LogP contribution in [-0.2, 0) is 6.42 Å². The van der Waals surface area contributed by atoms with E-state index in [4.69, 9.17) is 5.73 Å². The topological polar surface area (TPSA) is 69.1 Å². The smallest absolute Gasteiger partial charge is 0.253 e. The van der Waals surface area contributed by atoms with Crippen molar-refractivity contribution in [3.05, 3.63) is 41.9 Å². The zero-order chi connectivity index (χ0) is 14.8. The van der Waals surface area contributed by atoms with Crippen molar-refractivity contribution in [2.24, 2.45) is 0 Å². The van der Waals surface area contributed by atoms with Gasteiger partial charge in [-0.1, -0.05) is 25.1 Å². The molecule has 6 heteroatoms. The third-order valence-corrected chi connectivity index (χ3v) is 4.40. The van der Waals surface area contributed by atoms with Crippen molar-refractivity contribution in [2.45, 2.75) is 36.6 Å². The van der Waals surface area contributed by atoms with E-state index in [2.05, 4.69) is 22.0 Å². The molecule has 0 aliphatic rings. The van der Waals surface area contributed by atoms with E-state index in [0.717, 1.165) is 34.1 Å². The summed E-state index contributed by atoms with van der Waals surface area (Å²) >= 11 is 1.68. The Bertz CT molecular complexity index is 764. The summed E-state index contributed by atoms with van der Waals surface area (Å²) in [5, 5.41) is 5.40. The van der Waals surface area contributed by atoms with E-state index in [1.807, 2.05) is 35.7 Å². The average Bonchev–Trinajstić information content (AvgIpc) is 2.93. The molecule has 0 aliphatic heterocycles. The third kappa shape index (κ3) is 2.71. The summed E-state index contributed by atoms with van der Waals surface area (Å²) in [7, 11) is 0. The zero-order valence-electron chi connectivity index (χ0n) is 12.1. The first-order valence-electron chi connectivity index (χ1n) is 6.91. The molecule has 0 spiro atoms. The molecular weight excluding hydrogens is 282 g/mol. The summed E-state index contributed by atoms with van der Waals surface area (Å²) < 4.78 is 1.82. The number of nitrogens with zero attached hydrogens (tertiary/aromatic N) is 4. The van der Waals surface area contributed by atoms with Crippen molar-refractivity contribution in [3.8, 4) is 0 Å². The number of aromatic nitrogens is 4. The Balaban J connectivity index is 2.11. The van der Waals surface area contributed by atoms with E-state index in [1.165, 1.54) is 5.56 Å². The van der Waals surface area contributed by atoms with Gasteiger partial charge in [0.25, 0.3) is 5.78 Å². The van der Waals surface area contributed by atoms with Crippen LogP contribution in [-0.4, -0.2) is 19.6 Å². The monoisotopic (exact) mass is 299 g/mol. The van der Waals surface area contributed by atoms with Crippen LogP contribution in [0.2, 0.25) is 0 Å². The van der Waals surface area contributed by atoms with E-state index in [-0.39, 0.29) is 0 Å². The van der Waals surface area contributed by atoms with Crippen molar-refractivity contribution in [1.82, 2.24) is 19.6 Å². The van der Waals surface area contributed by atoms with Gasteiger partial charge in [0.15, 0.2) is 0 Å². The molecule has 0 bridgehead atoms. The van der Waals surface area contributed by atoms with Gasteiger partial charge in [0.05, 0.1) is 0 Å². The molecule has 0 atom stereocenters. The summed E-state index contributed by atoms with van der Waals surface area (Å²) in [6, 6.07) is 7.87. The van der Waals surface area contributed by atoms with Crippen molar-refractivity contribution in [2.75, 3.05) is 5.73 Å². The van der Waals surface area contributed by atoms with E-state index in [9.17, 15) is 0 Å². The predicted molar refractivity (Wildman–Crippen MR) is 84.5 cm³/mol. The molecule has 2 aromatic heterocycles. The van der Waals surface area contributed by atoms with Crippen LogP contribution in [0, 0.1) is 6.92 Å². The Labute approximate surface area is 127 Å². The van der Waals surface area contributed by atoms with Gasteiger partial charge in [0.2, 0.25) is 0 Å². The highest BCUT2D eigenvalue weighted by Crippen LogP contribution is 2.32. The van der Waals surface area contributed by atoms with Crippen LogP contribution in [0.25, 0.3) is 5.78 Å². The summed E-state index contributed by atoms with van der Waals surface area (Å²) in [5.41, 5.74) is 8.77. The van der Waals surface area contributed by atoms with Gasteiger partial charge in [-0.2, -0.15) is 14.6 Å². The maximum absolute atomic E-state index is 5.75. The number of hydrogen-bond acceptors (Lipinski definition) is 5. The second-order valence-corrected chi connectivity index (χ2v) is 5.94. The number of benzene rings is 1. The first-order chi connectivity index (χ1) is 10.2. The quantitative estimate of drug-likeness (QED) is 0.592. The van der Waals surface area contributed by atoms with Gasteiger partial charge in [-0.25, -0.2) is 4.98 Å². The Morgan fingerprint density at radius 1 is 1.24 bits per heavy atom. The first-order valence-corrected chi connectivity index (χ1v) is 7.73. The molecule has 0 radical (unpaired) electrons. The largest absolute Gasteiger partial charge is 0.399 e. The van der Waals surface area contributed by atoms with Gasteiger partial charge in [-0.3, -0.25) is 0 Å². The summed E-state index contributed by atoms with van der Waals surface area (Å²) in [6.07, 6.45) is 3.59. The van der Waals surface area contributed by atoms with E-state index < -0.39 is 0 Å². The summed E-state index contributed by atoms with van der Waals surface area (Å²) in [6.45, 7) is 4.20. The highest BCUT2D eigenvalue weighted by atomic mass is 32.2. The second kappa shape index (κ2) is 5.73. The molecule has 2 heterocycles. The minimum atomic E-state index is 0.644. The molecule has 1 aromatic carbocycles. The van der Waals surface area contributed by atoms with Crippen molar-refractivity contribution in [1.29, 1.82) is 0 Å². The molecule has 0 saturated heterocycles. The molecule has 0 aliphatic carbocycles. The lowest BCUT2D eigenvalue weighted by Crippen LogP contribution is -2.05. The number of hydrogen-bond donors (Lipinski definition) is 1. The SMILES string of the molecule is CCCc1c(C)nc2ncnn2c1Sc1ccc(N)cc1. The minimum absolute atomic E-state index is 0.644. The molecule has 3 rings (SSSR count). The normalized spacial score (nSPS) is 11.1. The van der Waals surface area contributed by atoms with E-state index in [1.54, 1.807) is 18.1 Å². The maximum atomic E-state index is 5.75. The summed E-state index contributed by atoms with van der Waals surface area (Å²) in [4.78, 5) is 9.86. The van der Waals surface area contributed by atoms with Gasteiger partial charge >= 0.3 is 0 Å². The van der Waals surface area contributed by atoms with Gasteiger partial charge in [0, 0.05) is 21.8 Å². The predicted octanol–water partition coefficient (Wildman–Crippen LogP) is 3.12. The molecule has 108 valence electrons. The Kier molecular flexibility index (Phi) is 3.79. The van der Waals surface area contributed by atoms with Gasteiger partial charge in [-0.15, -0.1) is 0 Å². The first kappa shape index (κ1) is 13.9. The Hall–Kier alpha value is -2.08. The number of rotatable bonds is 4. The highest BCUT2D eigenvalue weighted by Gasteiger charge is 2.15. The minimum Gasteiger partial charge on any atom is -0.399 e. The average molecular weight is 299 g/mol. The second-order valence-electron chi connectivity index (χ2n) is 4.87.